The third kappa shape index (κ3) is 4.61. The molecular weight excluding hydrogens is 385 g/mol. The Morgan fingerprint density at radius 1 is 1.27 bits per heavy atom. The van der Waals surface area contributed by atoms with Crippen LogP contribution in [-0.4, -0.2) is 44.4 Å². The molecule has 2 aromatic carbocycles. The maximum atomic E-state index is 13.6. The Bertz CT molecular complexity index is 965. The fraction of sp³-hybridized carbons (Fsp3) is 0.391. The van der Waals surface area contributed by atoms with Crippen LogP contribution in [0.25, 0.3) is 11.1 Å². The minimum absolute atomic E-state index is 0.255. The zero-order chi connectivity index (χ0) is 20.9. The Kier molecular flexibility index (Phi) is 6.26. The van der Waals surface area contributed by atoms with Gasteiger partial charge in [0, 0.05) is 31.6 Å². The molecular formula is C23H24FN3O3. The van der Waals surface area contributed by atoms with E-state index in [1.54, 1.807) is 12.1 Å². The first-order valence-electron chi connectivity index (χ1n) is 10.2. The first-order chi connectivity index (χ1) is 14.6. The van der Waals surface area contributed by atoms with Crippen LogP contribution < -0.4 is 15.4 Å². The quantitative estimate of drug-likeness (QED) is 0.810. The van der Waals surface area contributed by atoms with Gasteiger partial charge in [0.1, 0.15) is 23.7 Å². The number of nitriles is 1. The van der Waals surface area contributed by atoms with Crippen LogP contribution in [-0.2, 0) is 22.4 Å². The second kappa shape index (κ2) is 9.24. The van der Waals surface area contributed by atoms with Crippen molar-refractivity contribution < 1.29 is 18.7 Å². The van der Waals surface area contributed by atoms with E-state index in [2.05, 4.69) is 16.7 Å². The molecule has 2 N–H and O–H groups in total. The molecule has 1 amide bonds. The number of nitrogens with one attached hydrogen (secondary N) is 2. The highest BCUT2D eigenvalue weighted by atomic mass is 19.1. The second-order valence-electron chi connectivity index (χ2n) is 7.54. The Morgan fingerprint density at radius 3 is 3.00 bits per heavy atom. The SMILES string of the molecule is N#C[C@@H](Cc1ccc2c(c1)OCCc1cc(F)ccc1-2)NC(=O)[C@@H]1CNCCCO1. The topological polar surface area (TPSA) is 83.4 Å². The largest absolute Gasteiger partial charge is 0.493 e. The number of hydrogen-bond acceptors (Lipinski definition) is 5. The van der Waals surface area contributed by atoms with E-state index >= 15 is 0 Å². The van der Waals surface area contributed by atoms with Crippen LogP contribution in [0.15, 0.2) is 36.4 Å². The highest BCUT2D eigenvalue weighted by Gasteiger charge is 2.24. The summed E-state index contributed by atoms with van der Waals surface area (Å²) in [5, 5.41) is 15.5. The first-order valence-corrected chi connectivity index (χ1v) is 10.2. The Balaban J connectivity index is 1.48. The number of ether oxygens (including phenoxy) is 2. The van der Waals surface area contributed by atoms with Gasteiger partial charge >= 0.3 is 0 Å². The number of amides is 1. The molecule has 0 aliphatic carbocycles. The van der Waals surface area contributed by atoms with Gasteiger partial charge in [0.25, 0.3) is 5.91 Å². The predicted octanol–water partition coefficient (Wildman–Crippen LogP) is 2.36. The fourth-order valence-corrected chi connectivity index (χ4v) is 3.85. The number of halogens is 1. The highest BCUT2D eigenvalue weighted by molar-refractivity contribution is 5.81. The van der Waals surface area contributed by atoms with E-state index < -0.39 is 12.1 Å². The first kappa shape index (κ1) is 20.3. The van der Waals surface area contributed by atoms with Gasteiger partial charge in [-0.3, -0.25) is 4.79 Å². The number of carbonyl (C=O) groups is 1. The Hall–Kier alpha value is -2.95. The standard InChI is InChI=1S/C23H24FN3O3/c24-17-3-5-19-16(12-17)6-9-30-21-11-15(2-4-20(19)21)10-18(13-25)27-23(28)22-14-26-7-1-8-29-22/h2-5,11-12,18,22,26H,1,6-10,14H2,(H,27,28)/t18-,22+/m1/s1. The lowest BCUT2D eigenvalue weighted by Gasteiger charge is -2.18. The van der Waals surface area contributed by atoms with E-state index in [0.717, 1.165) is 35.2 Å². The summed E-state index contributed by atoms with van der Waals surface area (Å²) in [6.07, 6.45) is 1.25. The van der Waals surface area contributed by atoms with Crippen LogP contribution in [0.3, 0.4) is 0 Å². The molecule has 7 heteroatoms. The van der Waals surface area contributed by atoms with E-state index in [1.807, 2.05) is 18.2 Å². The minimum atomic E-state index is -0.672. The molecule has 0 aromatic heterocycles. The molecule has 2 atom stereocenters. The maximum absolute atomic E-state index is 13.6. The summed E-state index contributed by atoms with van der Waals surface area (Å²) in [5.74, 6) is 0.171. The molecule has 1 saturated heterocycles. The van der Waals surface area contributed by atoms with Crippen LogP contribution in [0, 0.1) is 17.1 Å². The average molecular weight is 409 g/mol. The van der Waals surface area contributed by atoms with E-state index in [9.17, 15) is 14.4 Å². The van der Waals surface area contributed by atoms with E-state index in [-0.39, 0.29) is 11.7 Å². The number of carbonyl (C=O) groups excluding carboxylic acids is 1. The lowest BCUT2D eigenvalue weighted by atomic mass is 9.96. The van der Waals surface area contributed by atoms with Crippen molar-refractivity contribution >= 4 is 5.91 Å². The number of fused-ring (bicyclic) bond motifs is 3. The zero-order valence-corrected chi connectivity index (χ0v) is 16.6. The molecule has 0 radical (unpaired) electrons. The summed E-state index contributed by atoms with van der Waals surface area (Å²) < 4.78 is 25.0. The van der Waals surface area contributed by atoms with Gasteiger partial charge in [-0.05, 0) is 47.9 Å². The summed E-state index contributed by atoms with van der Waals surface area (Å²) in [5.41, 5.74) is 3.66. The van der Waals surface area contributed by atoms with E-state index in [1.165, 1.54) is 6.07 Å². The van der Waals surface area contributed by atoms with Crippen LogP contribution in [0.4, 0.5) is 4.39 Å². The normalized spacial score (nSPS) is 19.1. The fourth-order valence-electron chi connectivity index (χ4n) is 3.85. The number of hydrogen-bond donors (Lipinski definition) is 2. The third-order valence-electron chi connectivity index (χ3n) is 5.38. The minimum Gasteiger partial charge on any atom is -0.493 e. The monoisotopic (exact) mass is 409 g/mol. The smallest absolute Gasteiger partial charge is 0.251 e. The van der Waals surface area contributed by atoms with Gasteiger partial charge in [0.15, 0.2) is 0 Å². The van der Waals surface area contributed by atoms with Gasteiger partial charge in [0.05, 0.1) is 12.7 Å². The van der Waals surface area contributed by atoms with Gasteiger partial charge in [-0.15, -0.1) is 0 Å². The van der Waals surface area contributed by atoms with Gasteiger partial charge in [-0.1, -0.05) is 18.2 Å². The zero-order valence-electron chi connectivity index (χ0n) is 16.6. The van der Waals surface area contributed by atoms with Crippen molar-refractivity contribution in [2.75, 3.05) is 26.3 Å². The molecule has 6 nitrogen and oxygen atoms in total. The van der Waals surface area contributed by atoms with Gasteiger partial charge in [0.2, 0.25) is 0 Å². The molecule has 0 spiro atoms. The lowest BCUT2D eigenvalue weighted by molar-refractivity contribution is -0.132. The highest BCUT2D eigenvalue weighted by Crippen LogP contribution is 2.36. The van der Waals surface area contributed by atoms with Gasteiger partial charge < -0.3 is 20.1 Å². The predicted molar refractivity (Wildman–Crippen MR) is 110 cm³/mol. The molecule has 0 bridgehead atoms. The summed E-state index contributed by atoms with van der Waals surface area (Å²) in [6, 6.07) is 12.0. The molecule has 2 heterocycles. The third-order valence-corrected chi connectivity index (χ3v) is 5.38. The summed E-state index contributed by atoms with van der Waals surface area (Å²) in [4.78, 5) is 12.5. The Labute approximate surface area is 175 Å². The van der Waals surface area contributed by atoms with E-state index in [4.69, 9.17) is 9.47 Å². The van der Waals surface area contributed by atoms with Crippen LogP contribution >= 0.6 is 0 Å². The molecule has 2 aromatic rings. The van der Waals surface area contributed by atoms with E-state index in [0.29, 0.717) is 38.3 Å². The summed E-state index contributed by atoms with van der Waals surface area (Å²) in [7, 11) is 0. The van der Waals surface area contributed by atoms with Crippen molar-refractivity contribution in [1.82, 2.24) is 10.6 Å². The molecule has 1 fully saturated rings. The molecule has 2 aliphatic rings. The number of benzene rings is 2. The molecule has 2 aliphatic heterocycles. The number of rotatable bonds is 4. The second-order valence-corrected chi connectivity index (χ2v) is 7.54. The van der Waals surface area contributed by atoms with Gasteiger partial charge in [-0.2, -0.15) is 5.26 Å². The van der Waals surface area contributed by atoms with Gasteiger partial charge in [-0.25, -0.2) is 4.39 Å². The number of nitrogens with zero attached hydrogens (tertiary/aromatic N) is 1. The van der Waals surface area contributed by atoms with Crippen LogP contribution in [0.5, 0.6) is 5.75 Å². The molecule has 0 saturated carbocycles. The van der Waals surface area contributed by atoms with Crippen LogP contribution in [0.2, 0.25) is 0 Å². The lowest BCUT2D eigenvalue weighted by Crippen LogP contribution is -2.46. The maximum Gasteiger partial charge on any atom is 0.251 e. The van der Waals surface area contributed by atoms with Crippen molar-refractivity contribution in [3.05, 3.63) is 53.3 Å². The Morgan fingerprint density at radius 2 is 2.13 bits per heavy atom. The summed E-state index contributed by atoms with van der Waals surface area (Å²) >= 11 is 0. The van der Waals surface area contributed by atoms with Crippen molar-refractivity contribution in [3.8, 4) is 22.9 Å². The molecule has 30 heavy (non-hydrogen) atoms. The summed E-state index contributed by atoms with van der Waals surface area (Å²) in [6.45, 7) is 2.24. The van der Waals surface area contributed by atoms with Crippen molar-refractivity contribution in [3.63, 3.8) is 0 Å². The average Bonchev–Trinajstić information content (AvgIpc) is 3.12. The van der Waals surface area contributed by atoms with Crippen molar-refractivity contribution in [1.29, 1.82) is 5.26 Å². The molecule has 0 unspecified atom stereocenters. The molecule has 156 valence electrons. The van der Waals surface area contributed by atoms with Crippen LogP contribution in [0.1, 0.15) is 17.5 Å². The van der Waals surface area contributed by atoms with Crippen molar-refractivity contribution in [2.24, 2.45) is 0 Å². The molecule has 4 rings (SSSR count). The van der Waals surface area contributed by atoms with Crippen molar-refractivity contribution in [2.45, 2.75) is 31.4 Å².